The van der Waals surface area contributed by atoms with Crippen molar-refractivity contribution in [2.45, 2.75) is 17.8 Å². The standard InChI is InChI=1S/C35H20F3N3O6/c36-35(37,38)19-16-14-18(15-17-19)27-25-26(33(47)39(32(25)46)20-8-2-1-3-9-20)34(28(42)21-10-4-5-11-22(21)29(34)43)41(27)40-30(44)23-12-6-7-13-24(23)31(40)45/h1-17,25-27H/t25-,26-,27+/m0/s1. The zero-order valence-corrected chi connectivity index (χ0v) is 24.0. The highest BCUT2D eigenvalue weighted by molar-refractivity contribution is 6.38. The third-order valence-corrected chi connectivity index (χ3v) is 9.46. The molecular formula is C35H20F3N3O6. The average Bonchev–Trinajstić information content (AvgIpc) is 3.69. The number of imide groups is 2. The molecule has 232 valence electrons. The molecule has 3 aliphatic heterocycles. The number of halogens is 3. The smallest absolute Gasteiger partial charge is 0.291 e. The van der Waals surface area contributed by atoms with Gasteiger partial charge >= 0.3 is 6.18 Å². The van der Waals surface area contributed by atoms with Gasteiger partial charge in [0.05, 0.1) is 40.3 Å². The van der Waals surface area contributed by atoms with Gasteiger partial charge in [-0.3, -0.25) is 28.8 Å². The Kier molecular flexibility index (Phi) is 5.88. The molecule has 0 saturated carbocycles. The minimum Gasteiger partial charge on any atom is -0.291 e. The van der Waals surface area contributed by atoms with Crippen LogP contribution in [-0.4, -0.2) is 50.8 Å². The molecule has 2 saturated heterocycles. The quantitative estimate of drug-likeness (QED) is 0.233. The summed E-state index contributed by atoms with van der Waals surface area (Å²) in [5.74, 6) is -8.73. The molecule has 1 aliphatic carbocycles. The van der Waals surface area contributed by atoms with E-state index in [2.05, 4.69) is 0 Å². The van der Waals surface area contributed by atoms with Gasteiger partial charge in [-0.25, -0.2) is 4.90 Å². The minimum absolute atomic E-state index is 0.0194. The summed E-state index contributed by atoms with van der Waals surface area (Å²) in [6.07, 6.45) is -4.72. The third-order valence-electron chi connectivity index (χ3n) is 9.46. The van der Waals surface area contributed by atoms with E-state index in [1.54, 1.807) is 18.2 Å². The maximum Gasteiger partial charge on any atom is 0.416 e. The molecule has 0 radical (unpaired) electrons. The molecule has 2 fully saturated rings. The second-order valence-electron chi connectivity index (χ2n) is 11.7. The molecule has 47 heavy (non-hydrogen) atoms. The van der Waals surface area contributed by atoms with E-state index < -0.39 is 70.4 Å². The molecule has 3 atom stereocenters. The van der Waals surface area contributed by atoms with Gasteiger partial charge < -0.3 is 0 Å². The van der Waals surface area contributed by atoms with E-state index >= 15 is 0 Å². The van der Waals surface area contributed by atoms with Gasteiger partial charge in [-0.1, -0.05) is 66.7 Å². The fourth-order valence-corrected chi connectivity index (χ4v) is 7.55. The Morgan fingerprint density at radius 1 is 0.574 bits per heavy atom. The highest BCUT2D eigenvalue weighted by Gasteiger charge is 2.79. The van der Waals surface area contributed by atoms with Crippen molar-refractivity contribution >= 4 is 40.9 Å². The lowest BCUT2D eigenvalue weighted by Crippen LogP contribution is -2.65. The van der Waals surface area contributed by atoms with Crippen LogP contribution in [0.1, 0.15) is 58.6 Å². The van der Waals surface area contributed by atoms with E-state index in [0.717, 1.165) is 34.2 Å². The van der Waals surface area contributed by atoms with Crippen molar-refractivity contribution in [1.82, 2.24) is 10.0 Å². The van der Waals surface area contributed by atoms with Crippen LogP contribution < -0.4 is 4.90 Å². The summed E-state index contributed by atoms with van der Waals surface area (Å²) in [7, 11) is 0. The SMILES string of the molecule is O=C1[C@@H]2[C@@H](c3ccc(C(F)(F)F)cc3)N(N3C(=O)c4ccccc4C3=O)C3(C(=O)c4ccccc4C3=O)[C@@H]2C(=O)N1c1ccccc1. The highest BCUT2D eigenvalue weighted by Crippen LogP contribution is 2.60. The number of nitrogens with zero attached hydrogens (tertiary/aromatic N) is 3. The summed E-state index contributed by atoms with van der Waals surface area (Å²) in [5, 5.41) is 1.53. The molecule has 8 rings (SSSR count). The molecule has 4 amide bonds. The summed E-state index contributed by atoms with van der Waals surface area (Å²) >= 11 is 0. The molecule has 0 unspecified atom stereocenters. The first kappa shape index (κ1) is 28.7. The topological polar surface area (TPSA) is 112 Å². The Morgan fingerprint density at radius 3 is 1.57 bits per heavy atom. The van der Waals surface area contributed by atoms with E-state index in [0.29, 0.717) is 5.01 Å². The summed E-state index contributed by atoms with van der Waals surface area (Å²) in [6.45, 7) is 0. The predicted octanol–water partition coefficient (Wildman–Crippen LogP) is 4.90. The molecule has 4 aliphatic rings. The van der Waals surface area contributed by atoms with E-state index in [9.17, 15) is 41.9 Å². The summed E-state index contributed by atoms with van der Waals surface area (Å²) in [6, 6.07) is 21.5. The van der Waals surface area contributed by atoms with Crippen molar-refractivity contribution in [3.05, 3.63) is 137 Å². The molecular weight excluding hydrogens is 615 g/mol. The number of para-hydroxylation sites is 1. The molecule has 9 nitrogen and oxygen atoms in total. The van der Waals surface area contributed by atoms with Crippen LogP contribution in [-0.2, 0) is 15.8 Å². The van der Waals surface area contributed by atoms with Crippen molar-refractivity contribution in [2.24, 2.45) is 11.8 Å². The monoisotopic (exact) mass is 635 g/mol. The first-order chi connectivity index (χ1) is 22.5. The Labute approximate surface area is 263 Å². The Morgan fingerprint density at radius 2 is 1.06 bits per heavy atom. The number of hydrogen-bond acceptors (Lipinski definition) is 7. The van der Waals surface area contributed by atoms with Gasteiger partial charge in [-0.05, 0) is 42.0 Å². The number of Topliss-reactive ketones (excluding diaryl/α,β-unsaturated/α-hetero) is 2. The van der Waals surface area contributed by atoms with Crippen LogP contribution in [0.5, 0.6) is 0 Å². The van der Waals surface area contributed by atoms with Crippen LogP contribution in [0.4, 0.5) is 18.9 Å². The lowest BCUT2D eigenvalue weighted by molar-refractivity contribution is -0.137. The van der Waals surface area contributed by atoms with Crippen LogP contribution in [0, 0.1) is 11.8 Å². The number of rotatable bonds is 3. The summed E-state index contributed by atoms with van der Waals surface area (Å²) in [4.78, 5) is 87.5. The van der Waals surface area contributed by atoms with E-state index in [-0.39, 0.29) is 33.5 Å². The van der Waals surface area contributed by atoms with E-state index in [1.165, 1.54) is 60.7 Å². The van der Waals surface area contributed by atoms with Crippen LogP contribution >= 0.6 is 0 Å². The Hall–Kier alpha value is -5.75. The number of benzene rings is 4. The van der Waals surface area contributed by atoms with Gasteiger partial charge in [-0.2, -0.15) is 23.2 Å². The van der Waals surface area contributed by atoms with Gasteiger partial charge in [-0.15, -0.1) is 0 Å². The van der Waals surface area contributed by atoms with Gasteiger partial charge in [0, 0.05) is 11.1 Å². The second-order valence-corrected chi connectivity index (χ2v) is 11.7. The van der Waals surface area contributed by atoms with E-state index in [4.69, 9.17) is 0 Å². The van der Waals surface area contributed by atoms with Crippen molar-refractivity contribution in [3.63, 3.8) is 0 Å². The van der Waals surface area contributed by atoms with Crippen molar-refractivity contribution in [3.8, 4) is 0 Å². The fraction of sp³-hybridized carbons (Fsp3) is 0.143. The van der Waals surface area contributed by atoms with Crippen LogP contribution in [0.2, 0.25) is 0 Å². The number of hydrazine groups is 1. The number of alkyl halides is 3. The number of fused-ring (bicyclic) bond motifs is 4. The van der Waals surface area contributed by atoms with Crippen molar-refractivity contribution in [2.75, 3.05) is 4.90 Å². The van der Waals surface area contributed by atoms with Crippen molar-refractivity contribution in [1.29, 1.82) is 0 Å². The normalized spacial score (nSPS) is 23.3. The molecule has 0 aromatic heterocycles. The maximum atomic E-state index is 14.7. The number of ketones is 2. The molecule has 1 spiro atoms. The number of hydrogen-bond donors (Lipinski definition) is 0. The lowest BCUT2D eigenvalue weighted by atomic mass is 9.76. The summed E-state index contributed by atoms with van der Waals surface area (Å²) < 4.78 is 40.9. The lowest BCUT2D eigenvalue weighted by Gasteiger charge is -2.42. The minimum atomic E-state index is -4.72. The molecule has 0 N–H and O–H groups in total. The average molecular weight is 636 g/mol. The predicted molar refractivity (Wildman–Crippen MR) is 157 cm³/mol. The zero-order chi connectivity index (χ0) is 33.0. The van der Waals surface area contributed by atoms with Crippen LogP contribution in [0.15, 0.2) is 103 Å². The first-order valence-electron chi connectivity index (χ1n) is 14.5. The second kappa shape index (κ2) is 9.63. The molecule has 4 aromatic rings. The Bertz CT molecular complexity index is 2030. The maximum absolute atomic E-state index is 14.7. The first-order valence-corrected chi connectivity index (χ1v) is 14.5. The van der Waals surface area contributed by atoms with Crippen LogP contribution in [0.25, 0.3) is 0 Å². The largest absolute Gasteiger partial charge is 0.416 e. The van der Waals surface area contributed by atoms with E-state index in [1.807, 2.05) is 0 Å². The summed E-state index contributed by atoms with van der Waals surface area (Å²) in [5.41, 5.74) is -3.74. The van der Waals surface area contributed by atoms with Gasteiger partial charge in [0.1, 0.15) is 0 Å². The molecule has 0 bridgehead atoms. The fourth-order valence-electron chi connectivity index (χ4n) is 7.55. The number of amides is 4. The van der Waals surface area contributed by atoms with Gasteiger partial charge in [0.25, 0.3) is 11.8 Å². The number of anilines is 1. The molecule has 12 heteroatoms. The number of carbonyl (C=O) groups excluding carboxylic acids is 6. The number of carbonyl (C=O) groups is 6. The highest BCUT2D eigenvalue weighted by atomic mass is 19.4. The van der Waals surface area contributed by atoms with Crippen molar-refractivity contribution < 1.29 is 41.9 Å². The third kappa shape index (κ3) is 3.58. The van der Waals surface area contributed by atoms with Gasteiger partial charge in [0.15, 0.2) is 17.1 Å². The molecule has 4 aromatic carbocycles. The Balaban J connectivity index is 1.42. The van der Waals surface area contributed by atoms with Crippen LogP contribution in [0.3, 0.4) is 0 Å². The van der Waals surface area contributed by atoms with Gasteiger partial charge in [0.2, 0.25) is 11.8 Å². The molecule has 3 heterocycles. The zero-order valence-electron chi connectivity index (χ0n) is 24.0.